The van der Waals surface area contributed by atoms with Crippen LogP contribution in [0.5, 0.6) is 5.75 Å². The van der Waals surface area contributed by atoms with Gasteiger partial charge >= 0.3 is 0 Å². The van der Waals surface area contributed by atoms with Crippen molar-refractivity contribution in [3.63, 3.8) is 0 Å². The van der Waals surface area contributed by atoms with Gasteiger partial charge in [-0.25, -0.2) is 0 Å². The summed E-state index contributed by atoms with van der Waals surface area (Å²) in [4.78, 5) is 0. The van der Waals surface area contributed by atoms with E-state index in [4.69, 9.17) is 16.3 Å². The number of aromatic nitrogens is 2. The molecule has 23 heavy (non-hydrogen) atoms. The van der Waals surface area contributed by atoms with Gasteiger partial charge in [0.15, 0.2) is 4.34 Å². The molecule has 4 nitrogen and oxygen atoms in total. The van der Waals surface area contributed by atoms with Gasteiger partial charge in [0, 0.05) is 22.5 Å². The molecule has 0 saturated heterocycles. The van der Waals surface area contributed by atoms with Crippen LogP contribution in [0, 0.1) is 0 Å². The topological polar surface area (TPSA) is 47.0 Å². The summed E-state index contributed by atoms with van der Waals surface area (Å²) in [5.41, 5.74) is 2.09. The fourth-order valence-electron chi connectivity index (χ4n) is 1.91. The summed E-state index contributed by atoms with van der Waals surface area (Å²) in [6.45, 7) is 0. The van der Waals surface area contributed by atoms with E-state index in [2.05, 4.69) is 21.6 Å². The van der Waals surface area contributed by atoms with Gasteiger partial charge < -0.3 is 10.1 Å². The molecule has 0 saturated carbocycles. The Morgan fingerprint density at radius 2 is 2.04 bits per heavy atom. The number of hydrogen-bond donors (Lipinski definition) is 1. The lowest BCUT2D eigenvalue weighted by Gasteiger charge is -2.04. The van der Waals surface area contributed by atoms with Crippen molar-refractivity contribution in [2.75, 3.05) is 12.4 Å². The second-order valence-electron chi connectivity index (χ2n) is 4.65. The molecule has 0 spiro atoms. The van der Waals surface area contributed by atoms with Gasteiger partial charge in [0.2, 0.25) is 5.13 Å². The first-order valence-corrected chi connectivity index (χ1v) is 9.03. The van der Waals surface area contributed by atoms with Crippen LogP contribution < -0.4 is 10.1 Å². The van der Waals surface area contributed by atoms with E-state index in [1.165, 1.54) is 16.9 Å². The molecule has 0 fully saturated rings. The summed E-state index contributed by atoms with van der Waals surface area (Å²) in [7, 11) is 1.65. The summed E-state index contributed by atoms with van der Waals surface area (Å²) >= 11 is 9.15. The monoisotopic (exact) mass is 363 g/mol. The fourth-order valence-corrected chi connectivity index (χ4v) is 3.84. The van der Waals surface area contributed by atoms with Gasteiger partial charge in [0.1, 0.15) is 5.75 Å². The molecule has 0 aliphatic rings. The Kier molecular flexibility index (Phi) is 5.38. The number of benzene rings is 2. The molecule has 0 aliphatic heterocycles. The van der Waals surface area contributed by atoms with Crippen molar-refractivity contribution < 1.29 is 4.74 Å². The summed E-state index contributed by atoms with van der Waals surface area (Å²) in [6, 6.07) is 15.5. The zero-order valence-electron chi connectivity index (χ0n) is 12.3. The van der Waals surface area contributed by atoms with Crippen LogP contribution in [0.15, 0.2) is 52.9 Å². The third-order valence-corrected chi connectivity index (χ3v) is 5.26. The first-order chi connectivity index (χ1) is 11.2. The predicted octanol–water partition coefficient (Wildman–Crippen LogP) is 5.24. The molecule has 0 radical (unpaired) electrons. The van der Waals surface area contributed by atoms with Gasteiger partial charge in [-0.2, -0.15) is 0 Å². The fraction of sp³-hybridized carbons (Fsp3) is 0.125. The lowest BCUT2D eigenvalue weighted by molar-refractivity contribution is 0.415. The maximum absolute atomic E-state index is 5.99. The second-order valence-corrected chi connectivity index (χ2v) is 7.29. The van der Waals surface area contributed by atoms with Gasteiger partial charge in [-0.15, -0.1) is 10.2 Å². The van der Waals surface area contributed by atoms with E-state index in [9.17, 15) is 0 Å². The van der Waals surface area contributed by atoms with Crippen LogP contribution in [0.2, 0.25) is 5.02 Å². The Bertz CT molecular complexity index is 794. The first kappa shape index (κ1) is 16.1. The lowest BCUT2D eigenvalue weighted by atomic mass is 10.2. The quantitative estimate of drug-likeness (QED) is 0.607. The SMILES string of the molecule is COc1cccc(Nc2nnc(SCc3cccc(Cl)c3)s2)c1. The van der Waals surface area contributed by atoms with Crippen LogP contribution in [-0.2, 0) is 5.75 Å². The molecule has 0 amide bonds. The van der Waals surface area contributed by atoms with E-state index < -0.39 is 0 Å². The number of rotatable bonds is 6. The van der Waals surface area contributed by atoms with Crippen molar-refractivity contribution in [2.24, 2.45) is 0 Å². The van der Waals surface area contributed by atoms with E-state index in [1.54, 1.807) is 18.9 Å². The Morgan fingerprint density at radius 3 is 2.87 bits per heavy atom. The molecule has 2 aromatic carbocycles. The molecule has 1 aromatic heterocycles. The van der Waals surface area contributed by atoms with Crippen LogP contribution in [0.25, 0.3) is 0 Å². The number of thioether (sulfide) groups is 1. The third kappa shape index (κ3) is 4.60. The van der Waals surface area contributed by atoms with Crippen molar-refractivity contribution in [3.05, 3.63) is 59.1 Å². The first-order valence-electron chi connectivity index (χ1n) is 6.85. The highest BCUT2D eigenvalue weighted by atomic mass is 35.5. The number of anilines is 2. The Labute approximate surface area is 147 Å². The van der Waals surface area contributed by atoms with Crippen molar-refractivity contribution in [1.82, 2.24) is 10.2 Å². The highest BCUT2D eigenvalue weighted by molar-refractivity contribution is 8.00. The number of ether oxygens (including phenoxy) is 1. The number of nitrogens with one attached hydrogen (secondary N) is 1. The standard InChI is InChI=1S/C16H14ClN3OS2/c1-21-14-7-3-6-13(9-14)18-15-19-20-16(23-15)22-10-11-4-2-5-12(17)8-11/h2-9H,10H2,1H3,(H,18,19). The zero-order valence-corrected chi connectivity index (χ0v) is 14.7. The van der Waals surface area contributed by atoms with E-state index in [-0.39, 0.29) is 0 Å². The lowest BCUT2D eigenvalue weighted by Crippen LogP contribution is -1.90. The molecule has 1 heterocycles. The van der Waals surface area contributed by atoms with E-state index in [1.807, 2.05) is 42.5 Å². The molecule has 0 aliphatic carbocycles. The van der Waals surface area contributed by atoms with Gasteiger partial charge in [-0.3, -0.25) is 0 Å². The predicted molar refractivity (Wildman–Crippen MR) is 97.2 cm³/mol. The highest BCUT2D eigenvalue weighted by Gasteiger charge is 2.06. The number of methoxy groups -OCH3 is 1. The van der Waals surface area contributed by atoms with Gasteiger partial charge in [0.05, 0.1) is 7.11 Å². The number of nitrogens with zero attached hydrogens (tertiary/aromatic N) is 2. The zero-order chi connectivity index (χ0) is 16.1. The molecule has 7 heteroatoms. The maximum atomic E-state index is 5.99. The van der Waals surface area contributed by atoms with Gasteiger partial charge in [0.25, 0.3) is 0 Å². The normalized spacial score (nSPS) is 10.5. The van der Waals surface area contributed by atoms with Crippen LogP contribution >= 0.6 is 34.7 Å². The molecule has 3 aromatic rings. The molecular weight excluding hydrogens is 350 g/mol. The highest BCUT2D eigenvalue weighted by Crippen LogP contribution is 2.30. The maximum Gasteiger partial charge on any atom is 0.210 e. The Hall–Kier alpha value is -1.76. The van der Waals surface area contributed by atoms with E-state index in [0.29, 0.717) is 0 Å². The average molecular weight is 364 g/mol. The summed E-state index contributed by atoms with van der Waals surface area (Å²) < 4.78 is 6.12. The summed E-state index contributed by atoms with van der Waals surface area (Å²) in [5, 5.41) is 13.1. The number of halogens is 1. The van der Waals surface area contributed by atoms with Gasteiger partial charge in [-0.05, 0) is 29.8 Å². The number of hydrogen-bond acceptors (Lipinski definition) is 6. The van der Waals surface area contributed by atoms with Crippen molar-refractivity contribution in [2.45, 2.75) is 10.1 Å². The summed E-state index contributed by atoms with van der Waals surface area (Å²) in [6.07, 6.45) is 0. The van der Waals surface area contributed by atoms with Crippen LogP contribution in [0.3, 0.4) is 0 Å². The Balaban J connectivity index is 1.61. The molecular formula is C16H14ClN3OS2. The molecule has 3 rings (SSSR count). The van der Waals surface area contributed by atoms with Crippen molar-refractivity contribution in [3.8, 4) is 5.75 Å². The minimum Gasteiger partial charge on any atom is -0.497 e. The smallest absolute Gasteiger partial charge is 0.210 e. The molecule has 0 unspecified atom stereocenters. The Morgan fingerprint density at radius 1 is 1.17 bits per heavy atom. The summed E-state index contributed by atoms with van der Waals surface area (Å²) in [5.74, 6) is 1.61. The molecule has 0 bridgehead atoms. The minimum atomic E-state index is 0.751. The largest absolute Gasteiger partial charge is 0.497 e. The molecule has 0 atom stereocenters. The second kappa shape index (κ2) is 7.68. The van der Waals surface area contributed by atoms with Crippen LogP contribution in [0.1, 0.15) is 5.56 Å². The van der Waals surface area contributed by atoms with Crippen molar-refractivity contribution >= 4 is 45.5 Å². The molecule has 1 N–H and O–H groups in total. The van der Waals surface area contributed by atoms with Crippen molar-refractivity contribution in [1.29, 1.82) is 0 Å². The molecule has 118 valence electrons. The third-order valence-electron chi connectivity index (χ3n) is 2.98. The van der Waals surface area contributed by atoms with E-state index >= 15 is 0 Å². The minimum absolute atomic E-state index is 0.751. The average Bonchev–Trinajstić information content (AvgIpc) is 3.01. The van der Waals surface area contributed by atoms with Gasteiger partial charge in [-0.1, -0.05) is 52.9 Å². The van der Waals surface area contributed by atoms with Crippen LogP contribution in [-0.4, -0.2) is 17.3 Å². The van der Waals surface area contributed by atoms with Crippen LogP contribution in [0.4, 0.5) is 10.8 Å². The van der Waals surface area contributed by atoms with E-state index in [0.717, 1.165) is 31.7 Å².